The molecule has 3 rings (SSSR count). The molecule has 2 aromatic carbocycles. The van der Waals surface area contributed by atoms with E-state index in [1.165, 1.54) is 0 Å². The number of carbonyl (C=O) groups is 1. The molecule has 0 spiro atoms. The van der Waals surface area contributed by atoms with Gasteiger partial charge in [0.25, 0.3) is 5.91 Å². The van der Waals surface area contributed by atoms with Gasteiger partial charge in [-0.3, -0.25) is 9.78 Å². The Morgan fingerprint density at radius 1 is 0.889 bits per heavy atom. The Hall–Kier alpha value is -2.83. The van der Waals surface area contributed by atoms with Gasteiger partial charge in [-0.2, -0.15) is 5.10 Å². The van der Waals surface area contributed by atoms with E-state index in [9.17, 15) is 4.79 Å². The number of nitrogens with zero attached hydrogens (tertiary/aromatic N) is 2. The maximum Gasteiger partial charge on any atom is 0.265 e. The lowest BCUT2D eigenvalue weighted by Gasteiger charge is -2.07. The fraction of sp³-hybridized carbons (Fsp3) is 0. The maximum atomic E-state index is 12.3. The van der Waals surface area contributed by atoms with Crippen LogP contribution in [0.15, 0.2) is 110 Å². The Labute approximate surface area is 166 Å². The lowest BCUT2D eigenvalue weighted by atomic mass is 10.3. The monoisotopic (exact) mass is 391 g/mol. The average Bonchev–Trinajstić information content (AvgIpc) is 2.70. The van der Waals surface area contributed by atoms with E-state index in [0.29, 0.717) is 0 Å². The summed E-state index contributed by atoms with van der Waals surface area (Å²) in [6.45, 7) is 0. The molecule has 4 nitrogen and oxygen atoms in total. The lowest BCUT2D eigenvalue weighted by molar-refractivity contribution is -0.116. The van der Waals surface area contributed by atoms with Gasteiger partial charge in [-0.1, -0.05) is 66.0 Å². The largest absolute Gasteiger partial charge is 0.268 e. The van der Waals surface area contributed by atoms with Crippen LogP contribution in [0.25, 0.3) is 0 Å². The Morgan fingerprint density at radius 2 is 1.52 bits per heavy atom. The topological polar surface area (TPSA) is 54.4 Å². The minimum Gasteiger partial charge on any atom is -0.268 e. The van der Waals surface area contributed by atoms with Crippen LogP contribution in [-0.4, -0.2) is 17.1 Å². The van der Waals surface area contributed by atoms with E-state index in [-0.39, 0.29) is 5.91 Å². The van der Waals surface area contributed by atoms with Crippen LogP contribution < -0.4 is 5.43 Å². The molecule has 0 aliphatic carbocycles. The Morgan fingerprint density at radius 3 is 2.07 bits per heavy atom. The standard InChI is InChI=1S/C21H17N3OS2/c25-20(24-23-16-17-8-7-13-22-15-17)14-21(26-18-9-3-1-4-10-18)27-19-11-5-2-6-12-19/h1-16H,(H,24,25)/b23-16-. The average molecular weight is 392 g/mol. The van der Waals surface area contributed by atoms with Crippen molar-refractivity contribution in [2.45, 2.75) is 9.79 Å². The van der Waals surface area contributed by atoms with Crippen LogP contribution in [0.3, 0.4) is 0 Å². The molecule has 1 amide bonds. The number of benzene rings is 2. The van der Waals surface area contributed by atoms with Gasteiger partial charge in [0.1, 0.15) is 0 Å². The van der Waals surface area contributed by atoms with Crippen molar-refractivity contribution in [1.82, 2.24) is 10.4 Å². The predicted octanol–water partition coefficient (Wildman–Crippen LogP) is 4.96. The summed E-state index contributed by atoms with van der Waals surface area (Å²) in [6, 6.07) is 23.6. The van der Waals surface area contributed by atoms with Crippen molar-refractivity contribution in [3.05, 3.63) is 101 Å². The molecule has 0 aliphatic rings. The summed E-state index contributed by atoms with van der Waals surface area (Å²) in [5, 5.41) is 3.98. The first-order valence-electron chi connectivity index (χ1n) is 8.20. The molecule has 0 saturated carbocycles. The third-order valence-electron chi connectivity index (χ3n) is 3.25. The van der Waals surface area contributed by atoms with Crippen molar-refractivity contribution < 1.29 is 4.79 Å². The Bertz CT molecular complexity index is 870. The van der Waals surface area contributed by atoms with Crippen molar-refractivity contribution in [2.24, 2.45) is 5.10 Å². The number of hydrazone groups is 1. The van der Waals surface area contributed by atoms with Gasteiger partial charge < -0.3 is 0 Å². The molecule has 0 saturated heterocycles. The second-order valence-electron chi connectivity index (χ2n) is 5.31. The third kappa shape index (κ3) is 6.77. The molecule has 134 valence electrons. The van der Waals surface area contributed by atoms with Crippen LogP contribution in [0.2, 0.25) is 0 Å². The van der Waals surface area contributed by atoms with Gasteiger partial charge in [-0.25, -0.2) is 5.43 Å². The Balaban J connectivity index is 1.70. The number of hydrogen-bond acceptors (Lipinski definition) is 5. The van der Waals surface area contributed by atoms with Crippen LogP contribution >= 0.6 is 23.5 Å². The van der Waals surface area contributed by atoms with Crippen molar-refractivity contribution in [1.29, 1.82) is 0 Å². The number of aromatic nitrogens is 1. The second kappa shape index (κ2) is 10.4. The molecule has 0 radical (unpaired) electrons. The summed E-state index contributed by atoms with van der Waals surface area (Å²) >= 11 is 3.09. The fourth-order valence-electron chi connectivity index (χ4n) is 2.05. The highest BCUT2D eigenvalue weighted by molar-refractivity contribution is 8.22. The molecular weight excluding hydrogens is 374 g/mol. The van der Waals surface area contributed by atoms with E-state index in [2.05, 4.69) is 15.5 Å². The molecule has 0 atom stereocenters. The first kappa shape index (κ1) is 18.9. The van der Waals surface area contributed by atoms with E-state index in [4.69, 9.17) is 0 Å². The fourth-order valence-corrected chi connectivity index (χ4v) is 4.18. The molecule has 6 heteroatoms. The second-order valence-corrected chi connectivity index (χ2v) is 7.80. The SMILES string of the molecule is O=C(C=C(Sc1ccccc1)Sc1ccccc1)N/N=C\c1cccnc1. The number of nitrogens with one attached hydrogen (secondary N) is 1. The number of pyridine rings is 1. The van der Waals surface area contributed by atoms with Crippen molar-refractivity contribution in [3.8, 4) is 0 Å². The number of rotatable bonds is 7. The van der Waals surface area contributed by atoms with Crippen molar-refractivity contribution in [3.63, 3.8) is 0 Å². The summed E-state index contributed by atoms with van der Waals surface area (Å²) in [5.41, 5.74) is 3.35. The predicted molar refractivity (Wildman–Crippen MR) is 113 cm³/mol. The van der Waals surface area contributed by atoms with Gasteiger partial charge in [-0.05, 0) is 30.3 Å². The summed E-state index contributed by atoms with van der Waals surface area (Å²) in [6.07, 6.45) is 6.49. The first-order valence-corrected chi connectivity index (χ1v) is 9.83. The highest BCUT2D eigenvalue weighted by Gasteiger charge is 2.07. The molecule has 3 aromatic rings. The van der Waals surface area contributed by atoms with Gasteiger partial charge in [0.2, 0.25) is 0 Å². The smallest absolute Gasteiger partial charge is 0.265 e. The molecule has 1 heterocycles. The minimum atomic E-state index is -0.281. The van der Waals surface area contributed by atoms with Gasteiger partial charge in [0.05, 0.1) is 10.5 Å². The molecule has 1 aromatic heterocycles. The lowest BCUT2D eigenvalue weighted by Crippen LogP contribution is -2.14. The zero-order valence-electron chi connectivity index (χ0n) is 14.4. The molecule has 0 bridgehead atoms. The van der Waals surface area contributed by atoms with E-state index in [0.717, 1.165) is 19.6 Å². The zero-order chi connectivity index (χ0) is 18.7. The van der Waals surface area contributed by atoms with E-state index >= 15 is 0 Å². The minimum absolute atomic E-state index is 0.281. The van der Waals surface area contributed by atoms with Gasteiger partial charge in [0.15, 0.2) is 0 Å². The first-order chi connectivity index (χ1) is 13.3. The third-order valence-corrected chi connectivity index (χ3v) is 5.40. The van der Waals surface area contributed by atoms with E-state index < -0.39 is 0 Å². The van der Waals surface area contributed by atoms with Crippen molar-refractivity contribution in [2.75, 3.05) is 0 Å². The van der Waals surface area contributed by atoms with Crippen LogP contribution in [-0.2, 0) is 4.79 Å². The van der Waals surface area contributed by atoms with Gasteiger partial charge in [0, 0.05) is 33.8 Å². The summed E-state index contributed by atoms with van der Waals surface area (Å²) in [5.74, 6) is -0.281. The highest BCUT2D eigenvalue weighted by Crippen LogP contribution is 2.38. The number of hydrogen-bond donors (Lipinski definition) is 1. The highest BCUT2D eigenvalue weighted by atomic mass is 32.2. The summed E-state index contributed by atoms with van der Waals surface area (Å²) in [4.78, 5) is 18.4. The van der Waals surface area contributed by atoms with E-state index in [1.54, 1.807) is 48.2 Å². The van der Waals surface area contributed by atoms with Crippen LogP contribution in [0, 0.1) is 0 Å². The summed E-state index contributed by atoms with van der Waals surface area (Å²) in [7, 11) is 0. The van der Waals surface area contributed by atoms with E-state index in [1.807, 2.05) is 72.8 Å². The quantitative estimate of drug-likeness (QED) is 0.268. The number of amides is 1. The zero-order valence-corrected chi connectivity index (χ0v) is 16.0. The molecule has 27 heavy (non-hydrogen) atoms. The van der Waals surface area contributed by atoms with Crippen LogP contribution in [0.4, 0.5) is 0 Å². The molecule has 0 fully saturated rings. The molecule has 0 unspecified atom stereocenters. The van der Waals surface area contributed by atoms with Gasteiger partial charge in [-0.15, -0.1) is 0 Å². The Kier molecular flexibility index (Phi) is 7.26. The number of thioether (sulfide) groups is 2. The maximum absolute atomic E-state index is 12.3. The summed E-state index contributed by atoms with van der Waals surface area (Å²) < 4.78 is 0.862. The van der Waals surface area contributed by atoms with Crippen LogP contribution in [0.1, 0.15) is 5.56 Å². The molecule has 1 N–H and O–H groups in total. The normalized spacial score (nSPS) is 10.5. The molecule has 0 aliphatic heterocycles. The number of carbonyl (C=O) groups excluding carboxylic acids is 1. The van der Waals surface area contributed by atoms with Crippen molar-refractivity contribution >= 4 is 35.6 Å². The van der Waals surface area contributed by atoms with Crippen LogP contribution in [0.5, 0.6) is 0 Å². The molecular formula is C21H17N3OS2. The van der Waals surface area contributed by atoms with Gasteiger partial charge >= 0.3 is 0 Å².